The van der Waals surface area contributed by atoms with Gasteiger partial charge in [0.15, 0.2) is 0 Å². The summed E-state index contributed by atoms with van der Waals surface area (Å²) in [4.78, 5) is 2.59. The van der Waals surface area contributed by atoms with Crippen molar-refractivity contribution in [3.63, 3.8) is 0 Å². The molecule has 1 aliphatic rings. The summed E-state index contributed by atoms with van der Waals surface area (Å²) in [6.07, 6.45) is 5.41. The Kier molecular flexibility index (Phi) is 4.62. The van der Waals surface area contributed by atoms with Crippen LogP contribution in [0.5, 0.6) is 0 Å². The minimum absolute atomic E-state index is 0.785. The molecule has 2 nitrogen and oxygen atoms in total. The van der Waals surface area contributed by atoms with E-state index >= 15 is 0 Å². The third-order valence-electron chi connectivity index (χ3n) is 2.68. The van der Waals surface area contributed by atoms with Gasteiger partial charge in [0.1, 0.15) is 0 Å². The number of piperidine rings is 1. The van der Waals surface area contributed by atoms with Crippen molar-refractivity contribution in [2.24, 2.45) is 11.7 Å². The number of rotatable bonds is 4. The topological polar surface area (TPSA) is 29.3 Å². The minimum atomic E-state index is 0.785. The van der Waals surface area contributed by atoms with Crippen LogP contribution in [-0.2, 0) is 0 Å². The highest BCUT2D eigenvalue weighted by molar-refractivity contribution is 4.67. The standard InChI is InChI=1S/C10H22N2/c1-10(5-6-11)9-12-7-3-2-4-8-12/h10H,2-9,11H2,1H3. The fourth-order valence-corrected chi connectivity index (χ4v) is 1.96. The molecular weight excluding hydrogens is 148 g/mol. The fourth-order valence-electron chi connectivity index (χ4n) is 1.96. The van der Waals surface area contributed by atoms with Crippen LogP contribution in [-0.4, -0.2) is 31.1 Å². The van der Waals surface area contributed by atoms with Crippen LogP contribution >= 0.6 is 0 Å². The summed E-state index contributed by atoms with van der Waals surface area (Å²) >= 11 is 0. The van der Waals surface area contributed by atoms with Gasteiger partial charge in [-0.1, -0.05) is 13.3 Å². The number of likely N-dealkylation sites (tertiary alicyclic amines) is 1. The van der Waals surface area contributed by atoms with Crippen molar-refractivity contribution in [3.05, 3.63) is 0 Å². The second kappa shape index (κ2) is 5.55. The molecule has 1 heterocycles. The number of nitrogens with two attached hydrogens (primary N) is 1. The molecule has 72 valence electrons. The molecule has 1 saturated heterocycles. The van der Waals surface area contributed by atoms with Gasteiger partial charge in [0, 0.05) is 6.54 Å². The third kappa shape index (κ3) is 3.55. The Bertz CT molecular complexity index is 108. The van der Waals surface area contributed by atoms with E-state index in [0.29, 0.717) is 0 Å². The lowest BCUT2D eigenvalue weighted by Crippen LogP contribution is -2.34. The summed E-state index contributed by atoms with van der Waals surface area (Å²) in [6, 6.07) is 0. The zero-order chi connectivity index (χ0) is 8.81. The molecule has 1 aliphatic heterocycles. The molecule has 0 aromatic carbocycles. The highest BCUT2D eigenvalue weighted by atomic mass is 15.1. The summed E-state index contributed by atoms with van der Waals surface area (Å²) in [5.41, 5.74) is 5.52. The highest BCUT2D eigenvalue weighted by Crippen LogP contribution is 2.11. The van der Waals surface area contributed by atoms with Crippen LogP contribution in [0.25, 0.3) is 0 Å². The van der Waals surface area contributed by atoms with Crippen LogP contribution in [0.2, 0.25) is 0 Å². The minimum Gasteiger partial charge on any atom is -0.330 e. The van der Waals surface area contributed by atoms with E-state index in [2.05, 4.69) is 11.8 Å². The highest BCUT2D eigenvalue weighted by Gasteiger charge is 2.12. The first kappa shape index (κ1) is 10.0. The Hall–Kier alpha value is -0.0800. The molecule has 0 aromatic heterocycles. The predicted octanol–water partition coefficient (Wildman–Crippen LogP) is 1.46. The first-order valence-electron chi connectivity index (χ1n) is 5.25. The third-order valence-corrected chi connectivity index (χ3v) is 2.68. The van der Waals surface area contributed by atoms with Gasteiger partial charge in [-0.3, -0.25) is 0 Å². The van der Waals surface area contributed by atoms with Crippen molar-refractivity contribution in [2.75, 3.05) is 26.2 Å². The molecule has 0 amide bonds. The van der Waals surface area contributed by atoms with Gasteiger partial charge < -0.3 is 10.6 Å². The van der Waals surface area contributed by atoms with E-state index < -0.39 is 0 Å². The molecule has 0 radical (unpaired) electrons. The monoisotopic (exact) mass is 170 g/mol. The van der Waals surface area contributed by atoms with Crippen molar-refractivity contribution in [1.82, 2.24) is 4.90 Å². The summed E-state index contributed by atoms with van der Waals surface area (Å²) in [7, 11) is 0. The molecule has 1 atom stereocenters. The molecular formula is C10H22N2. The average molecular weight is 170 g/mol. The number of hydrogen-bond donors (Lipinski definition) is 1. The van der Waals surface area contributed by atoms with Gasteiger partial charge in [0.05, 0.1) is 0 Å². The first-order valence-corrected chi connectivity index (χ1v) is 5.25. The molecule has 1 unspecified atom stereocenters. The molecule has 1 rings (SSSR count). The van der Waals surface area contributed by atoms with E-state index in [1.54, 1.807) is 0 Å². The van der Waals surface area contributed by atoms with Crippen LogP contribution < -0.4 is 5.73 Å². The van der Waals surface area contributed by atoms with Crippen LogP contribution in [0, 0.1) is 5.92 Å². The lowest BCUT2D eigenvalue weighted by molar-refractivity contribution is 0.198. The van der Waals surface area contributed by atoms with E-state index in [4.69, 9.17) is 5.73 Å². The quantitative estimate of drug-likeness (QED) is 0.692. The zero-order valence-corrected chi connectivity index (χ0v) is 8.26. The Balaban J connectivity index is 2.11. The normalized spacial score (nSPS) is 22.5. The second-order valence-corrected chi connectivity index (χ2v) is 4.04. The molecule has 2 heteroatoms. The van der Waals surface area contributed by atoms with Gasteiger partial charge in [0.25, 0.3) is 0 Å². The maximum absolute atomic E-state index is 5.52. The molecule has 12 heavy (non-hydrogen) atoms. The number of nitrogens with zero attached hydrogens (tertiary/aromatic N) is 1. The van der Waals surface area contributed by atoms with Crippen LogP contribution in [0.3, 0.4) is 0 Å². The van der Waals surface area contributed by atoms with Crippen molar-refractivity contribution in [3.8, 4) is 0 Å². The van der Waals surface area contributed by atoms with Gasteiger partial charge in [0.2, 0.25) is 0 Å². The molecule has 0 aliphatic carbocycles. The van der Waals surface area contributed by atoms with Crippen molar-refractivity contribution >= 4 is 0 Å². The molecule has 1 fully saturated rings. The maximum atomic E-state index is 5.52. The van der Waals surface area contributed by atoms with E-state index in [1.807, 2.05) is 0 Å². The van der Waals surface area contributed by atoms with E-state index in [-0.39, 0.29) is 0 Å². The van der Waals surface area contributed by atoms with E-state index in [9.17, 15) is 0 Å². The summed E-state index contributed by atoms with van der Waals surface area (Å²) < 4.78 is 0. The van der Waals surface area contributed by atoms with Crippen molar-refractivity contribution < 1.29 is 0 Å². The van der Waals surface area contributed by atoms with Crippen LogP contribution in [0.1, 0.15) is 32.6 Å². The Labute approximate surface area is 76.1 Å². The van der Waals surface area contributed by atoms with Gasteiger partial charge in [-0.2, -0.15) is 0 Å². The largest absolute Gasteiger partial charge is 0.330 e. The van der Waals surface area contributed by atoms with Gasteiger partial charge in [-0.25, -0.2) is 0 Å². The summed E-state index contributed by atoms with van der Waals surface area (Å²) in [5, 5.41) is 0. The van der Waals surface area contributed by atoms with Gasteiger partial charge in [-0.15, -0.1) is 0 Å². The molecule has 0 saturated carbocycles. The summed E-state index contributed by atoms with van der Waals surface area (Å²) in [6.45, 7) is 7.04. The van der Waals surface area contributed by atoms with Crippen molar-refractivity contribution in [2.45, 2.75) is 32.6 Å². The van der Waals surface area contributed by atoms with Gasteiger partial charge in [-0.05, 0) is 44.8 Å². The first-order chi connectivity index (χ1) is 5.83. The summed E-state index contributed by atoms with van der Waals surface area (Å²) in [5.74, 6) is 0.785. The molecule has 2 N–H and O–H groups in total. The second-order valence-electron chi connectivity index (χ2n) is 4.04. The van der Waals surface area contributed by atoms with E-state index in [0.717, 1.165) is 12.5 Å². The van der Waals surface area contributed by atoms with Gasteiger partial charge >= 0.3 is 0 Å². The van der Waals surface area contributed by atoms with E-state index in [1.165, 1.54) is 45.3 Å². The Morgan fingerprint density at radius 1 is 1.25 bits per heavy atom. The number of hydrogen-bond acceptors (Lipinski definition) is 2. The maximum Gasteiger partial charge on any atom is 0.000749 e. The molecule has 0 aromatic rings. The lowest BCUT2D eigenvalue weighted by Gasteiger charge is -2.28. The Morgan fingerprint density at radius 3 is 2.50 bits per heavy atom. The molecule has 0 bridgehead atoms. The molecule has 0 spiro atoms. The Morgan fingerprint density at radius 2 is 1.92 bits per heavy atom. The smallest absolute Gasteiger partial charge is 0.000749 e. The lowest BCUT2D eigenvalue weighted by atomic mass is 10.1. The predicted molar refractivity (Wildman–Crippen MR) is 53.1 cm³/mol. The van der Waals surface area contributed by atoms with Crippen molar-refractivity contribution in [1.29, 1.82) is 0 Å². The SMILES string of the molecule is CC(CCN)CN1CCCCC1. The average Bonchev–Trinajstić information content (AvgIpc) is 2.06. The zero-order valence-electron chi connectivity index (χ0n) is 8.26. The van der Waals surface area contributed by atoms with Crippen LogP contribution in [0.4, 0.5) is 0 Å². The van der Waals surface area contributed by atoms with Crippen LogP contribution in [0.15, 0.2) is 0 Å². The fraction of sp³-hybridized carbons (Fsp3) is 1.00.